The molecule has 4 N–H and O–H groups in total. The lowest BCUT2D eigenvalue weighted by molar-refractivity contribution is 0.0979. The molecule has 0 unspecified atom stereocenters. The largest absolute Gasteiger partial charge is 0.507 e. The zero-order valence-electron chi connectivity index (χ0n) is 10.4. The van der Waals surface area contributed by atoms with Crippen molar-refractivity contribution in [3.63, 3.8) is 0 Å². The van der Waals surface area contributed by atoms with E-state index in [9.17, 15) is 10.2 Å². The molecule has 0 saturated carbocycles. The van der Waals surface area contributed by atoms with Gasteiger partial charge in [0.25, 0.3) is 0 Å². The molecule has 3 nitrogen and oxygen atoms in total. The van der Waals surface area contributed by atoms with Gasteiger partial charge in [-0.1, -0.05) is 26.0 Å². The number of phenolic OH excluding ortho intramolecular Hbond substituents is 1. The maximum absolute atomic E-state index is 9.91. The lowest BCUT2D eigenvalue weighted by Gasteiger charge is -2.23. The average molecular weight is 223 g/mol. The maximum atomic E-state index is 9.91. The lowest BCUT2D eigenvalue weighted by Crippen LogP contribution is -2.30. The number of aliphatic hydroxyl groups is 1. The van der Waals surface area contributed by atoms with Crippen LogP contribution in [0.1, 0.15) is 36.6 Å². The van der Waals surface area contributed by atoms with Crippen molar-refractivity contribution in [1.29, 1.82) is 0 Å². The van der Waals surface area contributed by atoms with Crippen LogP contribution in [0.15, 0.2) is 12.1 Å². The zero-order valence-corrected chi connectivity index (χ0v) is 10.4. The summed E-state index contributed by atoms with van der Waals surface area (Å²) in [7, 11) is 0. The first-order valence-corrected chi connectivity index (χ1v) is 5.58. The molecule has 1 aromatic carbocycles. The number of hydrogen-bond acceptors (Lipinski definition) is 3. The van der Waals surface area contributed by atoms with E-state index in [1.54, 1.807) is 0 Å². The lowest BCUT2D eigenvalue weighted by atomic mass is 9.92. The number of phenols is 1. The Hall–Kier alpha value is -1.06. The van der Waals surface area contributed by atoms with E-state index in [1.165, 1.54) is 0 Å². The summed E-state index contributed by atoms with van der Waals surface area (Å²) in [6.45, 7) is 7.54. The summed E-state index contributed by atoms with van der Waals surface area (Å²) < 4.78 is 0. The van der Waals surface area contributed by atoms with Crippen LogP contribution in [-0.2, 0) is 0 Å². The van der Waals surface area contributed by atoms with E-state index in [2.05, 4.69) is 0 Å². The Labute approximate surface area is 96.9 Å². The molecule has 0 aliphatic rings. The number of aliphatic hydroxyl groups excluding tert-OH is 1. The quantitative estimate of drug-likeness (QED) is 0.734. The van der Waals surface area contributed by atoms with Gasteiger partial charge < -0.3 is 15.9 Å². The molecule has 0 aromatic heterocycles. The highest BCUT2D eigenvalue weighted by Gasteiger charge is 2.21. The normalized spacial score (nSPS) is 15.2. The van der Waals surface area contributed by atoms with Gasteiger partial charge in [0.15, 0.2) is 0 Å². The molecule has 0 heterocycles. The fourth-order valence-corrected chi connectivity index (χ4v) is 1.79. The summed E-state index contributed by atoms with van der Waals surface area (Å²) in [5.74, 6) is 0.416. The number of aryl methyl sites for hydroxylation is 2. The average Bonchev–Trinajstić information content (AvgIpc) is 2.22. The summed E-state index contributed by atoms with van der Waals surface area (Å²) in [6, 6.07) is 3.26. The van der Waals surface area contributed by atoms with Crippen LogP contribution in [0, 0.1) is 19.8 Å². The Morgan fingerprint density at radius 2 is 1.56 bits per heavy atom. The minimum Gasteiger partial charge on any atom is -0.507 e. The van der Waals surface area contributed by atoms with Crippen molar-refractivity contribution in [1.82, 2.24) is 0 Å². The number of hydrogen-bond donors (Lipinski definition) is 3. The molecule has 3 heteroatoms. The predicted octanol–water partition coefficient (Wildman–Crippen LogP) is 2.03. The van der Waals surface area contributed by atoms with E-state index < -0.39 is 12.1 Å². The standard InChI is InChI=1S/C13H21NO2/c1-7(2)12(15)11(14)10-5-8(3)13(16)9(4)6-10/h5-7,11-12,15-16H,14H2,1-4H3/t11-,12+/m1/s1. The molecule has 0 aliphatic carbocycles. The Morgan fingerprint density at radius 1 is 1.12 bits per heavy atom. The molecule has 1 rings (SSSR count). The summed E-state index contributed by atoms with van der Waals surface area (Å²) in [4.78, 5) is 0. The van der Waals surface area contributed by atoms with Crippen LogP contribution in [-0.4, -0.2) is 16.3 Å². The van der Waals surface area contributed by atoms with Gasteiger partial charge >= 0.3 is 0 Å². The van der Waals surface area contributed by atoms with Gasteiger partial charge in [-0.25, -0.2) is 0 Å². The summed E-state index contributed by atoms with van der Waals surface area (Å²) in [5.41, 5.74) is 8.45. The van der Waals surface area contributed by atoms with Crippen LogP contribution in [0.25, 0.3) is 0 Å². The van der Waals surface area contributed by atoms with Gasteiger partial charge in [-0.05, 0) is 36.5 Å². The highest BCUT2D eigenvalue weighted by Crippen LogP contribution is 2.27. The fourth-order valence-electron chi connectivity index (χ4n) is 1.79. The minimum absolute atomic E-state index is 0.115. The van der Waals surface area contributed by atoms with E-state index in [0.717, 1.165) is 16.7 Å². The third kappa shape index (κ3) is 2.54. The van der Waals surface area contributed by atoms with Gasteiger partial charge in [0.1, 0.15) is 5.75 Å². The van der Waals surface area contributed by atoms with Gasteiger partial charge in [0.2, 0.25) is 0 Å². The first-order chi connectivity index (χ1) is 7.34. The molecule has 0 amide bonds. The van der Waals surface area contributed by atoms with Crippen LogP contribution in [0.5, 0.6) is 5.75 Å². The Bertz CT molecular complexity index is 351. The van der Waals surface area contributed by atoms with Crippen LogP contribution < -0.4 is 5.73 Å². The number of nitrogens with two attached hydrogens (primary N) is 1. The molecular formula is C13H21NO2. The summed E-state index contributed by atoms with van der Waals surface area (Å²) >= 11 is 0. The smallest absolute Gasteiger partial charge is 0.121 e. The van der Waals surface area contributed by atoms with Gasteiger partial charge in [0.05, 0.1) is 12.1 Å². The van der Waals surface area contributed by atoms with Crippen molar-refractivity contribution in [2.75, 3.05) is 0 Å². The van der Waals surface area contributed by atoms with Crippen molar-refractivity contribution in [3.05, 3.63) is 28.8 Å². The highest BCUT2D eigenvalue weighted by atomic mass is 16.3. The van der Waals surface area contributed by atoms with Crippen molar-refractivity contribution < 1.29 is 10.2 Å². The van der Waals surface area contributed by atoms with E-state index >= 15 is 0 Å². The molecule has 0 bridgehead atoms. The molecule has 1 aromatic rings. The zero-order chi connectivity index (χ0) is 12.5. The Morgan fingerprint density at radius 3 is 1.94 bits per heavy atom. The van der Waals surface area contributed by atoms with Crippen LogP contribution in [0.2, 0.25) is 0 Å². The van der Waals surface area contributed by atoms with Crippen molar-refractivity contribution in [2.45, 2.75) is 39.8 Å². The van der Waals surface area contributed by atoms with E-state index in [4.69, 9.17) is 5.73 Å². The molecule has 0 spiro atoms. The molecule has 16 heavy (non-hydrogen) atoms. The van der Waals surface area contributed by atoms with Crippen molar-refractivity contribution in [3.8, 4) is 5.75 Å². The van der Waals surface area contributed by atoms with Gasteiger partial charge in [-0.3, -0.25) is 0 Å². The third-order valence-electron chi connectivity index (χ3n) is 2.95. The molecular weight excluding hydrogens is 202 g/mol. The monoisotopic (exact) mass is 223 g/mol. The van der Waals surface area contributed by atoms with E-state index in [-0.39, 0.29) is 5.92 Å². The van der Waals surface area contributed by atoms with E-state index in [0.29, 0.717) is 5.75 Å². The van der Waals surface area contributed by atoms with Crippen LogP contribution in [0.3, 0.4) is 0 Å². The second-order valence-corrected chi connectivity index (χ2v) is 4.76. The Balaban J connectivity index is 3.05. The second-order valence-electron chi connectivity index (χ2n) is 4.76. The molecule has 90 valence electrons. The number of rotatable bonds is 3. The first-order valence-electron chi connectivity index (χ1n) is 5.58. The number of benzene rings is 1. The van der Waals surface area contributed by atoms with Crippen molar-refractivity contribution >= 4 is 0 Å². The second kappa shape index (κ2) is 4.85. The van der Waals surface area contributed by atoms with Crippen LogP contribution in [0.4, 0.5) is 0 Å². The number of aromatic hydroxyl groups is 1. The maximum Gasteiger partial charge on any atom is 0.121 e. The molecule has 0 saturated heterocycles. The van der Waals surface area contributed by atoms with Gasteiger partial charge in [-0.15, -0.1) is 0 Å². The van der Waals surface area contributed by atoms with Gasteiger partial charge in [0, 0.05) is 0 Å². The first kappa shape index (κ1) is 13.0. The molecule has 0 fully saturated rings. The van der Waals surface area contributed by atoms with Gasteiger partial charge in [-0.2, -0.15) is 0 Å². The summed E-state index contributed by atoms with van der Waals surface area (Å²) in [5, 5.41) is 19.6. The summed E-state index contributed by atoms with van der Waals surface area (Å²) in [6.07, 6.45) is -0.566. The fraction of sp³-hybridized carbons (Fsp3) is 0.538. The Kier molecular flexibility index (Phi) is 3.94. The molecule has 0 aliphatic heterocycles. The van der Waals surface area contributed by atoms with E-state index in [1.807, 2.05) is 39.8 Å². The SMILES string of the molecule is Cc1cc([C@@H](N)[C@@H](O)C(C)C)cc(C)c1O. The molecule has 2 atom stereocenters. The highest BCUT2D eigenvalue weighted by molar-refractivity contribution is 5.43. The topological polar surface area (TPSA) is 66.5 Å². The minimum atomic E-state index is -0.566. The predicted molar refractivity (Wildman–Crippen MR) is 65.4 cm³/mol. The van der Waals surface area contributed by atoms with Crippen molar-refractivity contribution in [2.24, 2.45) is 11.7 Å². The molecule has 0 radical (unpaired) electrons. The van der Waals surface area contributed by atoms with Crippen LogP contribution >= 0.6 is 0 Å². The third-order valence-corrected chi connectivity index (χ3v) is 2.95.